The molecule has 1 aliphatic carbocycles. The largest absolute Gasteiger partial charge is 0.600 e. The summed E-state index contributed by atoms with van der Waals surface area (Å²) in [6.07, 6.45) is 2.74. The quantitative estimate of drug-likeness (QED) is 0.436. The molecule has 0 aromatic carbocycles. The standard InChI is InChI=1S/C11H21N3O3S/c12-11-13(5-6-18-11)7-10(15)8-1-3-9(4-2-8)14(16)17/h8-9,11,14,16H,1-7,12H2/p+1. The molecule has 1 saturated carbocycles. The molecule has 2 aliphatic rings. The Balaban J connectivity index is 1.77. The summed E-state index contributed by atoms with van der Waals surface area (Å²) in [5, 5.41) is 19.0. The van der Waals surface area contributed by atoms with E-state index in [1.54, 1.807) is 11.8 Å². The summed E-state index contributed by atoms with van der Waals surface area (Å²) in [7, 11) is 0. The van der Waals surface area contributed by atoms with Crippen molar-refractivity contribution in [2.45, 2.75) is 37.2 Å². The molecule has 0 spiro atoms. The molecule has 0 radical (unpaired) electrons. The first-order valence-electron chi connectivity index (χ1n) is 6.55. The molecule has 104 valence electrons. The molecule has 0 aromatic heterocycles. The predicted octanol–water partition coefficient (Wildman–Crippen LogP) is -2.24. The lowest BCUT2D eigenvalue weighted by atomic mass is 9.83. The maximum absolute atomic E-state index is 12.1. The molecule has 0 aromatic rings. The summed E-state index contributed by atoms with van der Waals surface area (Å²) in [6.45, 7) is 1.47. The van der Waals surface area contributed by atoms with Gasteiger partial charge in [-0.15, -0.1) is 0 Å². The molecular formula is C11H22N3O3S+. The van der Waals surface area contributed by atoms with Crippen LogP contribution in [0.25, 0.3) is 0 Å². The van der Waals surface area contributed by atoms with E-state index in [9.17, 15) is 10.0 Å². The molecule has 18 heavy (non-hydrogen) atoms. The van der Waals surface area contributed by atoms with Gasteiger partial charge in [-0.2, -0.15) is 0 Å². The third-order valence-corrected chi connectivity index (χ3v) is 5.19. The lowest BCUT2D eigenvalue weighted by Gasteiger charge is -2.31. The maximum atomic E-state index is 12.1. The Labute approximate surface area is 111 Å². The van der Waals surface area contributed by atoms with E-state index in [1.165, 1.54) is 4.90 Å². The molecule has 7 heteroatoms. The molecule has 1 saturated heterocycles. The molecule has 5 N–H and O–H groups in total. The maximum Gasteiger partial charge on any atom is 0.189 e. The lowest BCUT2D eigenvalue weighted by Crippen LogP contribution is -3.16. The van der Waals surface area contributed by atoms with Crippen molar-refractivity contribution in [2.24, 2.45) is 11.7 Å². The smallest absolute Gasteiger partial charge is 0.189 e. The van der Waals surface area contributed by atoms with Crippen LogP contribution in [-0.4, -0.2) is 41.4 Å². The molecular weight excluding hydrogens is 254 g/mol. The number of nitrogens with one attached hydrogen (secondary N) is 2. The predicted molar refractivity (Wildman–Crippen MR) is 68.0 cm³/mol. The van der Waals surface area contributed by atoms with Gasteiger partial charge in [0.2, 0.25) is 0 Å². The van der Waals surface area contributed by atoms with Crippen LogP contribution in [0.2, 0.25) is 0 Å². The first-order chi connectivity index (χ1) is 8.58. The number of carbonyl (C=O) groups excluding carboxylic acids is 1. The highest BCUT2D eigenvalue weighted by Gasteiger charge is 2.33. The SMILES string of the molecule is NC1SCC[NH+]1CC(=O)C1CCC([NH+]([O-])O)CC1. The van der Waals surface area contributed by atoms with E-state index in [4.69, 9.17) is 10.9 Å². The number of rotatable bonds is 4. The average Bonchev–Trinajstić information content (AvgIpc) is 2.75. The highest BCUT2D eigenvalue weighted by Crippen LogP contribution is 2.23. The summed E-state index contributed by atoms with van der Waals surface area (Å²) in [6, 6.07) is -0.244. The van der Waals surface area contributed by atoms with Crippen molar-refractivity contribution in [3.05, 3.63) is 5.21 Å². The summed E-state index contributed by atoms with van der Waals surface area (Å²) >= 11 is 1.71. The minimum Gasteiger partial charge on any atom is -0.600 e. The Hall–Kier alpha value is -0.180. The zero-order valence-electron chi connectivity index (χ0n) is 10.4. The van der Waals surface area contributed by atoms with Gasteiger partial charge in [0.1, 0.15) is 12.6 Å². The molecule has 0 bridgehead atoms. The van der Waals surface area contributed by atoms with Crippen molar-refractivity contribution < 1.29 is 20.1 Å². The zero-order chi connectivity index (χ0) is 13.1. The normalized spacial score (nSPS) is 38.6. The van der Waals surface area contributed by atoms with E-state index in [0.717, 1.165) is 25.1 Å². The minimum absolute atomic E-state index is 0.0318. The van der Waals surface area contributed by atoms with E-state index < -0.39 is 5.23 Å². The van der Waals surface area contributed by atoms with Crippen LogP contribution in [0.4, 0.5) is 0 Å². The van der Waals surface area contributed by atoms with E-state index in [0.29, 0.717) is 19.4 Å². The van der Waals surface area contributed by atoms with E-state index >= 15 is 0 Å². The first-order valence-corrected chi connectivity index (χ1v) is 7.60. The third-order valence-electron chi connectivity index (χ3n) is 4.06. The fourth-order valence-electron chi connectivity index (χ4n) is 2.80. The van der Waals surface area contributed by atoms with Crippen molar-refractivity contribution in [1.82, 2.24) is 0 Å². The molecule has 3 atom stereocenters. The minimum atomic E-state index is -0.718. The van der Waals surface area contributed by atoms with Gasteiger partial charge >= 0.3 is 0 Å². The van der Waals surface area contributed by atoms with Crippen molar-refractivity contribution in [2.75, 3.05) is 18.8 Å². The second-order valence-corrected chi connectivity index (χ2v) is 6.48. The Bertz CT molecular complexity index is 295. The second kappa shape index (κ2) is 6.31. The topological polar surface area (TPSA) is 95.3 Å². The highest BCUT2D eigenvalue weighted by atomic mass is 32.2. The van der Waals surface area contributed by atoms with Crippen LogP contribution < -0.4 is 15.9 Å². The molecule has 2 fully saturated rings. The van der Waals surface area contributed by atoms with Gasteiger partial charge in [-0.3, -0.25) is 10.5 Å². The fraction of sp³-hybridized carbons (Fsp3) is 0.909. The Morgan fingerprint density at radius 2 is 2.11 bits per heavy atom. The van der Waals surface area contributed by atoms with Gasteiger partial charge in [-0.1, -0.05) is 11.8 Å². The zero-order valence-corrected chi connectivity index (χ0v) is 11.2. The van der Waals surface area contributed by atoms with Crippen LogP contribution in [0, 0.1) is 11.1 Å². The number of hydrogen-bond donors (Lipinski definition) is 4. The van der Waals surface area contributed by atoms with Crippen LogP contribution in [0.5, 0.6) is 0 Å². The van der Waals surface area contributed by atoms with E-state index in [-0.39, 0.29) is 23.2 Å². The number of thioether (sulfide) groups is 1. The van der Waals surface area contributed by atoms with Crippen LogP contribution >= 0.6 is 11.8 Å². The van der Waals surface area contributed by atoms with Crippen LogP contribution in [-0.2, 0) is 4.79 Å². The molecule has 1 heterocycles. The van der Waals surface area contributed by atoms with Crippen molar-refractivity contribution in [1.29, 1.82) is 0 Å². The number of hydrogen-bond acceptors (Lipinski definition) is 5. The van der Waals surface area contributed by atoms with Gasteiger partial charge in [0.25, 0.3) is 0 Å². The number of Topliss-reactive ketones (excluding diaryl/α,β-unsaturated/α-hetero) is 1. The van der Waals surface area contributed by atoms with Gasteiger partial charge in [-0.05, 0) is 12.8 Å². The molecule has 0 amide bonds. The van der Waals surface area contributed by atoms with E-state index in [1.807, 2.05) is 0 Å². The summed E-state index contributed by atoms with van der Waals surface area (Å²) in [5.41, 5.74) is 5.95. The number of ketones is 1. The fourth-order valence-corrected chi connectivity index (χ4v) is 3.87. The molecule has 6 nitrogen and oxygen atoms in total. The van der Waals surface area contributed by atoms with Crippen molar-refractivity contribution in [3.63, 3.8) is 0 Å². The number of quaternary nitrogens is 2. The van der Waals surface area contributed by atoms with Crippen molar-refractivity contribution in [3.8, 4) is 0 Å². The Morgan fingerprint density at radius 1 is 1.44 bits per heavy atom. The van der Waals surface area contributed by atoms with E-state index in [2.05, 4.69) is 0 Å². The molecule has 1 aliphatic heterocycles. The average molecular weight is 276 g/mol. The van der Waals surface area contributed by atoms with Gasteiger partial charge in [0.05, 0.1) is 6.54 Å². The van der Waals surface area contributed by atoms with Crippen molar-refractivity contribution >= 4 is 17.5 Å². The van der Waals surface area contributed by atoms with Gasteiger partial charge in [0, 0.05) is 24.5 Å². The van der Waals surface area contributed by atoms with Crippen LogP contribution in [0.15, 0.2) is 0 Å². The summed E-state index contributed by atoms with van der Waals surface area (Å²) in [4.78, 5) is 13.3. The van der Waals surface area contributed by atoms with Gasteiger partial charge < -0.3 is 10.1 Å². The van der Waals surface area contributed by atoms with Crippen LogP contribution in [0.3, 0.4) is 0 Å². The van der Waals surface area contributed by atoms with Gasteiger partial charge in [-0.25, -0.2) is 10.4 Å². The summed E-state index contributed by atoms with van der Waals surface area (Å²) < 4.78 is 0. The molecule has 3 unspecified atom stereocenters. The lowest BCUT2D eigenvalue weighted by molar-refractivity contribution is -1.07. The van der Waals surface area contributed by atoms with Gasteiger partial charge in [0.15, 0.2) is 11.3 Å². The Kier molecular flexibility index (Phi) is 4.99. The first kappa shape index (κ1) is 14.2. The summed E-state index contributed by atoms with van der Waals surface area (Å²) in [5.74, 6) is 1.35. The number of nitrogens with two attached hydrogens (primary N) is 1. The number of hydroxylamine groups is 2. The Morgan fingerprint density at radius 3 is 2.61 bits per heavy atom. The second-order valence-electron chi connectivity index (χ2n) is 5.23. The number of carbonyl (C=O) groups is 1. The van der Waals surface area contributed by atoms with Crippen LogP contribution in [0.1, 0.15) is 25.7 Å². The highest BCUT2D eigenvalue weighted by molar-refractivity contribution is 7.99. The molecule has 2 rings (SSSR count). The monoisotopic (exact) mass is 276 g/mol. The third kappa shape index (κ3) is 3.43.